The zero-order valence-electron chi connectivity index (χ0n) is 9.20. The van der Waals surface area contributed by atoms with Crippen LogP contribution in [0.15, 0.2) is 40.2 Å². The summed E-state index contributed by atoms with van der Waals surface area (Å²) in [6.45, 7) is 0. The Morgan fingerprint density at radius 1 is 1.29 bits per heavy atom. The standard InChI is InChI=1S/C13H13BrFNS/c14-13-10(4-1-5-11(13)15)12(16)7-6-9-3-2-8-17-9/h1-5,8,12H,6-7,16H2. The summed E-state index contributed by atoms with van der Waals surface area (Å²) < 4.78 is 13.8. The highest BCUT2D eigenvalue weighted by Crippen LogP contribution is 2.27. The van der Waals surface area contributed by atoms with Gasteiger partial charge in [-0.05, 0) is 51.8 Å². The fourth-order valence-corrected chi connectivity index (χ4v) is 3.00. The molecule has 0 aliphatic rings. The largest absolute Gasteiger partial charge is 0.324 e. The van der Waals surface area contributed by atoms with E-state index in [-0.39, 0.29) is 11.9 Å². The van der Waals surface area contributed by atoms with Crippen LogP contribution in [-0.4, -0.2) is 0 Å². The van der Waals surface area contributed by atoms with Gasteiger partial charge in [0.05, 0.1) is 4.47 Å². The molecule has 0 spiro atoms. The minimum atomic E-state index is -0.255. The Kier molecular flexibility index (Phi) is 4.31. The topological polar surface area (TPSA) is 26.0 Å². The predicted molar refractivity (Wildman–Crippen MR) is 73.7 cm³/mol. The van der Waals surface area contributed by atoms with Gasteiger partial charge < -0.3 is 5.73 Å². The Morgan fingerprint density at radius 2 is 2.12 bits per heavy atom. The van der Waals surface area contributed by atoms with E-state index in [4.69, 9.17) is 5.73 Å². The second-order valence-corrected chi connectivity index (χ2v) is 5.69. The Balaban J connectivity index is 2.04. The van der Waals surface area contributed by atoms with Gasteiger partial charge >= 0.3 is 0 Å². The van der Waals surface area contributed by atoms with E-state index in [1.165, 1.54) is 10.9 Å². The Morgan fingerprint density at radius 3 is 2.82 bits per heavy atom. The van der Waals surface area contributed by atoms with Crippen molar-refractivity contribution in [1.29, 1.82) is 0 Å². The predicted octanol–water partition coefficient (Wildman–Crippen LogP) is 4.28. The van der Waals surface area contributed by atoms with Gasteiger partial charge in [-0.25, -0.2) is 4.39 Å². The van der Waals surface area contributed by atoms with Crippen molar-refractivity contribution in [1.82, 2.24) is 0 Å². The van der Waals surface area contributed by atoms with Crippen LogP contribution in [0, 0.1) is 5.82 Å². The minimum absolute atomic E-state index is 0.137. The molecule has 2 aromatic rings. The van der Waals surface area contributed by atoms with Crippen molar-refractivity contribution in [3.63, 3.8) is 0 Å². The van der Waals surface area contributed by atoms with Crippen molar-refractivity contribution in [2.45, 2.75) is 18.9 Å². The second-order valence-electron chi connectivity index (χ2n) is 3.87. The highest BCUT2D eigenvalue weighted by atomic mass is 79.9. The molecule has 0 radical (unpaired) electrons. The van der Waals surface area contributed by atoms with Gasteiger partial charge in [0.25, 0.3) is 0 Å². The zero-order chi connectivity index (χ0) is 12.3. The first kappa shape index (κ1) is 12.7. The van der Waals surface area contributed by atoms with Gasteiger partial charge in [0.15, 0.2) is 0 Å². The number of hydrogen-bond donors (Lipinski definition) is 1. The Hall–Kier alpha value is -0.710. The summed E-state index contributed by atoms with van der Waals surface area (Å²) >= 11 is 4.97. The number of benzene rings is 1. The smallest absolute Gasteiger partial charge is 0.137 e. The van der Waals surface area contributed by atoms with Crippen LogP contribution in [0.3, 0.4) is 0 Å². The average Bonchev–Trinajstić information content (AvgIpc) is 2.82. The van der Waals surface area contributed by atoms with E-state index < -0.39 is 0 Å². The molecule has 0 bridgehead atoms. The Bertz CT molecular complexity index is 484. The summed E-state index contributed by atoms with van der Waals surface area (Å²) in [5, 5.41) is 2.05. The zero-order valence-corrected chi connectivity index (χ0v) is 11.6. The molecule has 4 heteroatoms. The van der Waals surface area contributed by atoms with E-state index in [2.05, 4.69) is 27.4 Å². The molecular weight excluding hydrogens is 301 g/mol. The van der Waals surface area contributed by atoms with Crippen LogP contribution in [0.5, 0.6) is 0 Å². The molecule has 90 valence electrons. The molecule has 0 amide bonds. The first-order chi connectivity index (χ1) is 8.18. The van der Waals surface area contributed by atoms with Crippen molar-refractivity contribution in [2.75, 3.05) is 0 Å². The summed E-state index contributed by atoms with van der Waals surface area (Å²) in [6.07, 6.45) is 1.75. The average molecular weight is 314 g/mol. The third kappa shape index (κ3) is 3.15. The fraction of sp³-hybridized carbons (Fsp3) is 0.231. The normalized spacial score (nSPS) is 12.6. The van der Waals surface area contributed by atoms with Crippen LogP contribution >= 0.6 is 27.3 Å². The number of aryl methyl sites for hydroxylation is 1. The monoisotopic (exact) mass is 313 g/mol. The third-order valence-corrected chi connectivity index (χ3v) is 4.44. The molecule has 0 aliphatic carbocycles. The molecular formula is C13H13BrFNS. The summed E-state index contributed by atoms with van der Waals surface area (Å²) in [4.78, 5) is 1.31. The maximum atomic E-state index is 13.4. The SMILES string of the molecule is NC(CCc1cccs1)c1cccc(F)c1Br. The molecule has 0 fully saturated rings. The van der Waals surface area contributed by atoms with Crippen molar-refractivity contribution in [2.24, 2.45) is 5.73 Å². The lowest BCUT2D eigenvalue weighted by Crippen LogP contribution is -2.12. The fourth-order valence-electron chi connectivity index (χ4n) is 1.71. The molecule has 2 N–H and O–H groups in total. The molecule has 1 unspecified atom stereocenters. The second kappa shape index (κ2) is 5.76. The van der Waals surface area contributed by atoms with E-state index >= 15 is 0 Å². The van der Waals surface area contributed by atoms with E-state index in [0.29, 0.717) is 4.47 Å². The number of halogens is 2. The summed E-state index contributed by atoms with van der Waals surface area (Å²) in [5.41, 5.74) is 6.92. The summed E-state index contributed by atoms with van der Waals surface area (Å²) in [7, 11) is 0. The van der Waals surface area contributed by atoms with Crippen LogP contribution in [-0.2, 0) is 6.42 Å². The lowest BCUT2D eigenvalue weighted by Gasteiger charge is -2.13. The van der Waals surface area contributed by atoms with Crippen molar-refractivity contribution in [3.8, 4) is 0 Å². The highest BCUT2D eigenvalue weighted by Gasteiger charge is 2.12. The van der Waals surface area contributed by atoms with Crippen LogP contribution in [0.1, 0.15) is 22.9 Å². The molecule has 17 heavy (non-hydrogen) atoms. The van der Waals surface area contributed by atoms with Crippen LogP contribution in [0.2, 0.25) is 0 Å². The quantitative estimate of drug-likeness (QED) is 0.895. The van der Waals surface area contributed by atoms with E-state index in [9.17, 15) is 4.39 Å². The summed E-state index contributed by atoms with van der Waals surface area (Å²) in [5.74, 6) is -0.255. The number of hydrogen-bond acceptors (Lipinski definition) is 2. The van der Waals surface area contributed by atoms with Crippen LogP contribution in [0.4, 0.5) is 4.39 Å². The van der Waals surface area contributed by atoms with Gasteiger partial charge in [0.2, 0.25) is 0 Å². The van der Waals surface area contributed by atoms with Crippen molar-refractivity contribution < 1.29 is 4.39 Å². The molecule has 0 saturated carbocycles. The van der Waals surface area contributed by atoms with Crippen LogP contribution in [0.25, 0.3) is 0 Å². The maximum absolute atomic E-state index is 13.4. The van der Waals surface area contributed by atoms with E-state index in [1.807, 2.05) is 12.1 Å². The molecule has 0 saturated heterocycles. The molecule has 1 aromatic heterocycles. The molecule has 2 rings (SSSR count). The number of thiophene rings is 1. The number of nitrogens with two attached hydrogens (primary N) is 1. The van der Waals surface area contributed by atoms with Gasteiger partial charge in [-0.3, -0.25) is 0 Å². The van der Waals surface area contributed by atoms with E-state index in [0.717, 1.165) is 18.4 Å². The number of rotatable bonds is 4. The summed E-state index contributed by atoms with van der Waals surface area (Å²) in [6, 6.07) is 8.98. The lowest BCUT2D eigenvalue weighted by atomic mass is 10.0. The van der Waals surface area contributed by atoms with Crippen LogP contribution < -0.4 is 5.73 Å². The molecule has 1 atom stereocenters. The van der Waals surface area contributed by atoms with Gasteiger partial charge in [0, 0.05) is 10.9 Å². The van der Waals surface area contributed by atoms with Gasteiger partial charge in [-0.2, -0.15) is 0 Å². The van der Waals surface area contributed by atoms with Gasteiger partial charge in [-0.15, -0.1) is 11.3 Å². The van der Waals surface area contributed by atoms with Crippen molar-refractivity contribution in [3.05, 3.63) is 56.4 Å². The first-order valence-electron chi connectivity index (χ1n) is 5.40. The Labute approximate surface area is 113 Å². The third-order valence-electron chi connectivity index (χ3n) is 2.66. The van der Waals surface area contributed by atoms with E-state index in [1.54, 1.807) is 17.4 Å². The maximum Gasteiger partial charge on any atom is 0.137 e. The lowest BCUT2D eigenvalue weighted by molar-refractivity contribution is 0.601. The van der Waals surface area contributed by atoms with Gasteiger partial charge in [-0.1, -0.05) is 18.2 Å². The van der Waals surface area contributed by atoms with Gasteiger partial charge in [0.1, 0.15) is 5.82 Å². The first-order valence-corrected chi connectivity index (χ1v) is 7.07. The minimum Gasteiger partial charge on any atom is -0.324 e. The molecule has 1 nitrogen and oxygen atoms in total. The molecule has 1 aromatic carbocycles. The molecule has 0 aliphatic heterocycles. The highest BCUT2D eigenvalue weighted by molar-refractivity contribution is 9.10. The van der Waals surface area contributed by atoms with Crippen molar-refractivity contribution >= 4 is 27.3 Å². The molecule has 1 heterocycles.